The average Bonchev–Trinajstić information content (AvgIpc) is 2.88. The van der Waals surface area contributed by atoms with E-state index in [1.165, 1.54) is 23.1 Å². The second-order valence-electron chi connectivity index (χ2n) is 6.36. The van der Waals surface area contributed by atoms with Crippen molar-refractivity contribution in [2.24, 2.45) is 0 Å². The molecule has 9 nitrogen and oxygen atoms in total. The highest BCUT2D eigenvalue weighted by Gasteiger charge is 2.46. The molecule has 0 saturated carbocycles. The number of carbonyl (C=O) groups is 3. The van der Waals surface area contributed by atoms with Gasteiger partial charge in [-0.15, -0.1) is 0 Å². The number of nitrogens with zero attached hydrogens (tertiary/aromatic N) is 3. The molecule has 3 rings (SSSR count). The molecule has 10 heteroatoms. The molecule has 3 amide bonds. The van der Waals surface area contributed by atoms with Crippen LogP contribution in [0.15, 0.2) is 16.7 Å². The van der Waals surface area contributed by atoms with Gasteiger partial charge in [0, 0.05) is 43.6 Å². The zero-order valence-electron chi connectivity index (χ0n) is 14.5. The summed E-state index contributed by atoms with van der Waals surface area (Å²) in [5.41, 5.74) is -0.253. The predicted octanol–water partition coefficient (Wildman–Crippen LogP) is 1.23. The first kappa shape index (κ1) is 18.4. The number of piperidine rings is 1. The van der Waals surface area contributed by atoms with Crippen LogP contribution in [0.25, 0.3) is 0 Å². The lowest BCUT2D eigenvalue weighted by Crippen LogP contribution is -2.51. The number of rotatable bonds is 2. The molecule has 0 atom stereocenters. The van der Waals surface area contributed by atoms with Crippen molar-refractivity contribution < 1.29 is 23.9 Å². The van der Waals surface area contributed by atoms with Gasteiger partial charge in [-0.3, -0.25) is 9.59 Å². The van der Waals surface area contributed by atoms with Crippen molar-refractivity contribution in [2.75, 3.05) is 39.1 Å². The lowest BCUT2D eigenvalue weighted by atomic mass is 9.91. The first-order valence-corrected chi connectivity index (χ1v) is 8.87. The summed E-state index contributed by atoms with van der Waals surface area (Å²) in [4.78, 5) is 43.4. The largest absolute Gasteiger partial charge is 0.480 e. The molecular weight excluding hydrogens is 408 g/mol. The molecule has 0 radical (unpaired) electrons. The molecule has 140 valence electrons. The Labute approximate surface area is 158 Å². The summed E-state index contributed by atoms with van der Waals surface area (Å²) in [6, 6.07) is 1.61. The van der Waals surface area contributed by atoms with E-state index in [1.54, 1.807) is 13.1 Å². The molecule has 1 aromatic rings. The lowest BCUT2D eigenvalue weighted by molar-refractivity contribution is -0.145. The van der Waals surface area contributed by atoms with Crippen LogP contribution in [0.2, 0.25) is 0 Å². The lowest BCUT2D eigenvalue weighted by Gasteiger charge is -2.36. The van der Waals surface area contributed by atoms with Crippen LogP contribution in [0.1, 0.15) is 12.8 Å². The number of halogens is 1. The maximum absolute atomic E-state index is 12.4. The molecule has 0 aromatic carbocycles. The molecule has 3 heterocycles. The van der Waals surface area contributed by atoms with Crippen molar-refractivity contribution in [1.82, 2.24) is 14.8 Å². The van der Waals surface area contributed by atoms with E-state index in [2.05, 4.69) is 26.2 Å². The Morgan fingerprint density at radius 1 is 1.38 bits per heavy atom. The summed E-state index contributed by atoms with van der Waals surface area (Å²) in [5.74, 6) is -1.19. The van der Waals surface area contributed by atoms with Gasteiger partial charge in [0.1, 0.15) is 11.3 Å². The number of likely N-dealkylation sites (N-methyl/N-ethyl adjacent to an activating group) is 1. The van der Waals surface area contributed by atoms with Gasteiger partial charge >= 0.3 is 17.9 Å². The Morgan fingerprint density at radius 2 is 2.08 bits per heavy atom. The summed E-state index contributed by atoms with van der Waals surface area (Å²) < 4.78 is 11.2. The molecular formula is C16H19BrN4O5. The van der Waals surface area contributed by atoms with Gasteiger partial charge in [-0.1, -0.05) is 0 Å². The number of anilines is 1. The topological polar surface area (TPSA) is 101 Å². The monoisotopic (exact) mass is 426 g/mol. The molecule has 2 aliphatic heterocycles. The second kappa shape index (κ2) is 7.10. The third-order valence-corrected chi connectivity index (χ3v) is 4.99. The fourth-order valence-corrected chi connectivity index (χ4v) is 3.50. The quantitative estimate of drug-likeness (QED) is 0.713. The van der Waals surface area contributed by atoms with Gasteiger partial charge in [0.15, 0.2) is 0 Å². The smallest absolute Gasteiger partial charge is 0.410 e. The van der Waals surface area contributed by atoms with E-state index in [1.807, 2.05) is 0 Å². The maximum atomic E-state index is 12.4. The third-order valence-electron chi connectivity index (χ3n) is 4.56. The minimum atomic E-state index is -0.764. The Bertz CT molecular complexity index is 748. The predicted molar refractivity (Wildman–Crippen MR) is 94.8 cm³/mol. The number of aromatic nitrogens is 1. The molecule has 2 fully saturated rings. The molecule has 1 aromatic heterocycles. The fourth-order valence-electron chi connectivity index (χ4n) is 3.17. The number of hydrogen-bond acceptors (Lipinski definition) is 6. The van der Waals surface area contributed by atoms with Crippen molar-refractivity contribution in [2.45, 2.75) is 18.4 Å². The van der Waals surface area contributed by atoms with Crippen molar-refractivity contribution >= 4 is 39.5 Å². The van der Waals surface area contributed by atoms with Crippen molar-refractivity contribution in [3.63, 3.8) is 0 Å². The number of pyridine rings is 1. The van der Waals surface area contributed by atoms with Gasteiger partial charge in [0.25, 0.3) is 0 Å². The van der Waals surface area contributed by atoms with Gasteiger partial charge in [-0.05, 0) is 22.0 Å². The SMILES string of the molecule is COc1ncc(Br)cc1NC(=O)C(=O)N1CCC2(CC1)CN(C)C(=O)O2. The Kier molecular flexibility index (Phi) is 5.03. The van der Waals surface area contributed by atoms with E-state index < -0.39 is 17.4 Å². The van der Waals surface area contributed by atoms with Crippen LogP contribution < -0.4 is 10.1 Å². The van der Waals surface area contributed by atoms with Crippen molar-refractivity contribution in [3.05, 3.63) is 16.7 Å². The normalized spacial score (nSPS) is 18.7. The Morgan fingerprint density at radius 3 is 2.65 bits per heavy atom. The first-order valence-electron chi connectivity index (χ1n) is 8.07. The van der Waals surface area contributed by atoms with Crippen molar-refractivity contribution in [3.8, 4) is 5.88 Å². The zero-order chi connectivity index (χ0) is 18.9. The van der Waals surface area contributed by atoms with Gasteiger partial charge in [-0.25, -0.2) is 9.78 Å². The highest BCUT2D eigenvalue weighted by Crippen LogP contribution is 2.32. The molecule has 0 bridgehead atoms. The van der Waals surface area contributed by atoms with Gasteiger partial charge in [-0.2, -0.15) is 0 Å². The van der Waals surface area contributed by atoms with E-state index in [0.29, 0.717) is 42.6 Å². The van der Waals surface area contributed by atoms with Gasteiger partial charge < -0.3 is 24.6 Å². The number of likely N-dealkylation sites (tertiary alicyclic amines) is 1. The van der Waals surface area contributed by atoms with E-state index in [0.717, 1.165) is 0 Å². The Hall–Kier alpha value is -2.36. The van der Waals surface area contributed by atoms with E-state index in [-0.39, 0.29) is 12.0 Å². The first-order chi connectivity index (χ1) is 12.3. The minimum Gasteiger partial charge on any atom is -0.480 e. The van der Waals surface area contributed by atoms with Crippen LogP contribution in [0.3, 0.4) is 0 Å². The van der Waals surface area contributed by atoms with Crippen molar-refractivity contribution in [1.29, 1.82) is 0 Å². The highest BCUT2D eigenvalue weighted by atomic mass is 79.9. The van der Waals surface area contributed by atoms with Crippen LogP contribution in [-0.4, -0.2) is 72.1 Å². The average molecular weight is 427 g/mol. The van der Waals surface area contributed by atoms with Crippen LogP contribution in [0, 0.1) is 0 Å². The van der Waals surface area contributed by atoms with Crippen LogP contribution >= 0.6 is 15.9 Å². The molecule has 0 aliphatic carbocycles. The highest BCUT2D eigenvalue weighted by molar-refractivity contribution is 9.10. The standard InChI is InChI=1S/C16H19BrN4O5/c1-20-9-16(26-15(20)24)3-5-21(6-4-16)14(23)12(22)19-11-7-10(17)8-18-13(11)25-2/h7-8H,3-6,9H2,1-2H3,(H,19,22). The number of methoxy groups -OCH3 is 1. The van der Waals surface area contributed by atoms with Gasteiger partial charge in [0.2, 0.25) is 5.88 Å². The summed E-state index contributed by atoms with van der Waals surface area (Å²) in [5, 5.41) is 2.53. The summed E-state index contributed by atoms with van der Waals surface area (Å²) >= 11 is 3.26. The summed E-state index contributed by atoms with van der Waals surface area (Å²) in [7, 11) is 3.11. The van der Waals surface area contributed by atoms with Crippen LogP contribution in [-0.2, 0) is 14.3 Å². The molecule has 2 aliphatic rings. The molecule has 26 heavy (non-hydrogen) atoms. The second-order valence-corrected chi connectivity index (χ2v) is 7.28. The fraction of sp³-hybridized carbons (Fsp3) is 0.500. The number of amides is 3. The number of carbonyl (C=O) groups excluding carboxylic acids is 3. The van der Waals surface area contributed by atoms with Crippen LogP contribution in [0.4, 0.5) is 10.5 Å². The van der Waals surface area contributed by atoms with E-state index in [4.69, 9.17) is 9.47 Å². The number of nitrogens with one attached hydrogen (secondary N) is 1. The number of hydrogen-bond donors (Lipinski definition) is 1. The van der Waals surface area contributed by atoms with E-state index >= 15 is 0 Å². The van der Waals surface area contributed by atoms with Crippen LogP contribution in [0.5, 0.6) is 5.88 Å². The zero-order valence-corrected chi connectivity index (χ0v) is 16.0. The maximum Gasteiger partial charge on any atom is 0.410 e. The molecule has 1 N–H and O–H groups in total. The summed E-state index contributed by atoms with van der Waals surface area (Å²) in [6.45, 7) is 1.20. The Balaban J connectivity index is 1.61. The molecule has 0 unspecified atom stereocenters. The van der Waals surface area contributed by atoms with Gasteiger partial charge in [0.05, 0.1) is 13.7 Å². The van der Waals surface area contributed by atoms with E-state index in [9.17, 15) is 14.4 Å². The molecule has 2 saturated heterocycles. The third kappa shape index (κ3) is 3.59. The number of ether oxygens (including phenoxy) is 2. The minimum absolute atomic E-state index is 0.216. The summed E-state index contributed by atoms with van der Waals surface area (Å²) in [6.07, 6.45) is 2.19. The molecule has 1 spiro atoms.